The van der Waals surface area contributed by atoms with E-state index in [1.165, 1.54) is 42.5 Å². The van der Waals surface area contributed by atoms with Crippen LogP contribution in [0.1, 0.15) is 47.6 Å². The first-order chi connectivity index (χ1) is 22.2. The second-order valence-electron chi connectivity index (χ2n) is 11.6. The van der Waals surface area contributed by atoms with Gasteiger partial charge in [0.25, 0.3) is 0 Å². The van der Waals surface area contributed by atoms with Gasteiger partial charge in [0.15, 0.2) is 0 Å². The number of carbonyl (C=O) groups excluding carboxylic acids is 1. The SMILES string of the molecule is O=C(O)N[C@H](C(=O)Nc1cccc(F)c1CCC1CNC2CCCS(O)(O)N1C2)[C@@H](c1ccc(Cl)cc1)c1ccc(C(F)(F)F)nc1. The lowest BCUT2D eigenvalue weighted by Gasteiger charge is -2.49. The fourth-order valence-electron chi connectivity index (χ4n) is 6.16. The summed E-state index contributed by atoms with van der Waals surface area (Å²) >= 11 is 6.04. The number of pyridine rings is 1. The third-order valence-corrected chi connectivity index (χ3v) is 10.7. The van der Waals surface area contributed by atoms with E-state index in [2.05, 4.69) is 20.9 Å². The maximum absolute atomic E-state index is 15.3. The van der Waals surface area contributed by atoms with Crippen molar-refractivity contribution in [2.24, 2.45) is 0 Å². The van der Waals surface area contributed by atoms with Gasteiger partial charge in [-0.1, -0.05) is 35.9 Å². The molecular formula is C31H34ClF4N5O5S. The zero-order valence-corrected chi connectivity index (χ0v) is 26.5. The van der Waals surface area contributed by atoms with Crippen molar-refractivity contribution in [2.75, 3.05) is 24.2 Å². The number of hydrogen-bond acceptors (Lipinski definition) is 7. The highest BCUT2D eigenvalue weighted by Crippen LogP contribution is 2.49. The number of carbonyl (C=O) groups is 2. The zero-order chi connectivity index (χ0) is 33.9. The van der Waals surface area contributed by atoms with Gasteiger partial charge in [-0.3, -0.25) is 18.9 Å². The molecule has 2 amide bonds. The molecule has 5 rings (SSSR count). The molecule has 16 heteroatoms. The fourth-order valence-corrected chi connectivity index (χ4v) is 8.15. The highest BCUT2D eigenvalue weighted by Gasteiger charge is 2.39. The first kappa shape index (κ1) is 34.9. The zero-order valence-electron chi connectivity index (χ0n) is 24.9. The minimum atomic E-state index is -4.72. The number of nitrogens with one attached hydrogen (secondary N) is 3. The summed E-state index contributed by atoms with van der Waals surface area (Å²) in [4.78, 5) is 29.3. The molecule has 3 unspecified atom stereocenters. The molecule has 5 atom stereocenters. The van der Waals surface area contributed by atoms with Crippen LogP contribution in [0.4, 0.5) is 28.0 Å². The van der Waals surface area contributed by atoms with Crippen molar-refractivity contribution in [3.8, 4) is 0 Å². The first-order valence-corrected chi connectivity index (χ1v) is 16.9. The second-order valence-corrected chi connectivity index (χ2v) is 14.1. The molecular weight excluding hydrogens is 666 g/mol. The van der Waals surface area contributed by atoms with E-state index in [-0.39, 0.29) is 41.1 Å². The van der Waals surface area contributed by atoms with Crippen LogP contribution < -0.4 is 16.0 Å². The van der Waals surface area contributed by atoms with Crippen LogP contribution in [0.3, 0.4) is 0 Å². The molecule has 2 fully saturated rings. The van der Waals surface area contributed by atoms with Gasteiger partial charge in [0.2, 0.25) is 5.91 Å². The van der Waals surface area contributed by atoms with Crippen LogP contribution in [0, 0.1) is 5.82 Å². The van der Waals surface area contributed by atoms with E-state index in [0.717, 1.165) is 24.8 Å². The molecule has 0 aliphatic carbocycles. The smallest absolute Gasteiger partial charge is 0.433 e. The monoisotopic (exact) mass is 699 g/mol. The number of amides is 2. The van der Waals surface area contributed by atoms with Crippen molar-refractivity contribution in [1.29, 1.82) is 0 Å². The summed E-state index contributed by atoms with van der Waals surface area (Å²) in [5.41, 5.74) is -0.519. The highest BCUT2D eigenvalue weighted by atomic mass is 35.5. The molecule has 1 aromatic heterocycles. The van der Waals surface area contributed by atoms with Crippen LogP contribution in [-0.4, -0.2) is 72.5 Å². The molecule has 254 valence electrons. The van der Waals surface area contributed by atoms with Gasteiger partial charge in [0.1, 0.15) is 17.6 Å². The van der Waals surface area contributed by atoms with Crippen molar-refractivity contribution in [2.45, 2.75) is 55.9 Å². The van der Waals surface area contributed by atoms with Gasteiger partial charge in [-0.2, -0.15) is 13.2 Å². The summed E-state index contributed by atoms with van der Waals surface area (Å²) in [6.07, 6.45) is -3.48. The first-order valence-electron chi connectivity index (χ1n) is 14.9. The maximum atomic E-state index is 15.3. The minimum Gasteiger partial charge on any atom is -0.465 e. The molecule has 3 aromatic rings. The van der Waals surface area contributed by atoms with Gasteiger partial charge >= 0.3 is 12.3 Å². The molecule has 2 saturated heterocycles. The summed E-state index contributed by atoms with van der Waals surface area (Å²) in [6.45, 7) is 0.909. The quantitative estimate of drug-likeness (QED) is 0.142. The molecule has 0 spiro atoms. The lowest BCUT2D eigenvalue weighted by atomic mass is 9.85. The summed E-state index contributed by atoms with van der Waals surface area (Å²) in [5, 5.41) is 18.3. The Hall–Kier alpha value is -3.47. The minimum absolute atomic E-state index is 0.0664. The van der Waals surface area contributed by atoms with E-state index >= 15 is 4.39 Å². The number of piperazine rings is 1. The standard InChI is InChI=1S/C31H34ClF4N5O5S/c32-20-9-6-18(7-10-20)27(19-8-13-26(38-15-19)31(34,35)36)28(40-30(43)44)29(42)39-25-5-1-4-24(33)23(25)12-11-22-16-37-21-3-2-14-47(45,46)41(22)17-21/h1,4-10,13,15,21-22,27-28,37,40,45-46H,2-3,11-12,14,16-17H2,(H,39,42)(H,43,44)/t21?,22?,27-,28-/m0/s1. The van der Waals surface area contributed by atoms with Gasteiger partial charge in [-0.05, 0) is 67.1 Å². The van der Waals surface area contributed by atoms with E-state index in [1.807, 2.05) is 0 Å². The number of benzene rings is 2. The summed E-state index contributed by atoms with van der Waals surface area (Å²) < 4.78 is 78.4. The van der Waals surface area contributed by atoms with Gasteiger partial charge in [-0.25, -0.2) is 13.5 Å². The molecule has 2 bridgehead atoms. The molecule has 2 aliphatic rings. The highest BCUT2D eigenvalue weighted by molar-refractivity contribution is 8.22. The number of aromatic nitrogens is 1. The normalized spacial score (nSPS) is 22.7. The van der Waals surface area contributed by atoms with Crippen LogP contribution in [0.2, 0.25) is 5.02 Å². The van der Waals surface area contributed by atoms with E-state index < -0.39 is 52.4 Å². The summed E-state index contributed by atoms with van der Waals surface area (Å²) in [6, 6.07) is 10.1. The van der Waals surface area contributed by atoms with Crippen molar-refractivity contribution in [3.63, 3.8) is 0 Å². The molecule has 2 aliphatic heterocycles. The molecule has 10 nitrogen and oxygen atoms in total. The van der Waals surface area contributed by atoms with Crippen LogP contribution in [0.25, 0.3) is 0 Å². The predicted octanol–water partition coefficient (Wildman–Crippen LogP) is 6.33. The Morgan fingerprint density at radius 3 is 2.49 bits per heavy atom. The number of nitrogens with zero attached hydrogens (tertiary/aromatic N) is 2. The largest absolute Gasteiger partial charge is 0.465 e. The Morgan fingerprint density at radius 2 is 1.83 bits per heavy atom. The Kier molecular flexibility index (Phi) is 10.6. The fraction of sp³-hybridized carbons (Fsp3) is 0.387. The molecule has 3 heterocycles. The molecule has 2 aromatic carbocycles. The van der Waals surface area contributed by atoms with E-state index in [9.17, 15) is 37.0 Å². The van der Waals surface area contributed by atoms with Crippen molar-refractivity contribution in [1.82, 2.24) is 19.9 Å². The number of rotatable bonds is 9. The van der Waals surface area contributed by atoms with E-state index in [4.69, 9.17) is 11.6 Å². The topological polar surface area (TPSA) is 147 Å². The van der Waals surface area contributed by atoms with Gasteiger partial charge in [0.05, 0.1) is 5.75 Å². The second kappa shape index (κ2) is 14.3. The molecule has 47 heavy (non-hydrogen) atoms. The van der Waals surface area contributed by atoms with Gasteiger partial charge in [-0.15, -0.1) is 10.8 Å². The summed E-state index contributed by atoms with van der Waals surface area (Å²) in [7, 11) is -2.99. The lowest BCUT2D eigenvalue weighted by molar-refractivity contribution is -0.141. The Labute approximate surface area is 275 Å². The number of carboxylic acid groups (broad SMARTS) is 1. The molecule has 0 radical (unpaired) electrons. The van der Waals surface area contributed by atoms with Crippen molar-refractivity contribution in [3.05, 3.63) is 94.0 Å². The Morgan fingerprint density at radius 1 is 1.11 bits per heavy atom. The molecule has 0 saturated carbocycles. The lowest BCUT2D eigenvalue weighted by Crippen LogP contribution is -2.55. The van der Waals surface area contributed by atoms with Gasteiger partial charge in [0, 0.05) is 53.6 Å². The average molecular weight is 700 g/mol. The number of alkyl halides is 3. The van der Waals surface area contributed by atoms with Crippen LogP contribution in [0.5, 0.6) is 0 Å². The van der Waals surface area contributed by atoms with Crippen LogP contribution in [-0.2, 0) is 17.4 Å². The third-order valence-electron chi connectivity index (χ3n) is 8.46. The van der Waals surface area contributed by atoms with Gasteiger partial charge < -0.3 is 21.1 Å². The summed E-state index contributed by atoms with van der Waals surface area (Å²) in [5.74, 6) is -2.44. The van der Waals surface area contributed by atoms with Crippen molar-refractivity contribution < 1.29 is 41.4 Å². The Bertz CT molecular complexity index is 1580. The van der Waals surface area contributed by atoms with Crippen LogP contribution in [0.15, 0.2) is 60.8 Å². The number of halogens is 5. The van der Waals surface area contributed by atoms with Crippen LogP contribution >= 0.6 is 22.4 Å². The third kappa shape index (κ3) is 8.34. The maximum Gasteiger partial charge on any atom is 0.433 e. The molecule has 6 N–H and O–H groups in total. The average Bonchev–Trinajstić information content (AvgIpc) is 3.12. The number of hydrogen-bond donors (Lipinski definition) is 6. The van der Waals surface area contributed by atoms with Crippen molar-refractivity contribution >= 4 is 40.1 Å². The number of anilines is 1. The number of fused-ring (bicyclic) bond motifs is 2. The van der Waals surface area contributed by atoms with E-state index in [0.29, 0.717) is 36.5 Å². The van der Waals surface area contributed by atoms with E-state index in [1.54, 1.807) is 4.31 Å². The predicted molar refractivity (Wildman–Crippen MR) is 170 cm³/mol. The Balaban J connectivity index is 1.44.